The molecule has 1 N–H and O–H groups in total. The van der Waals surface area contributed by atoms with Gasteiger partial charge in [-0.15, -0.1) is 0 Å². The molecule has 0 bridgehead atoms. The Hall–Kier alpha value is -0.810. The van der Waals surface area contributed by atoms with Crippen LogP contribution < -0.4 is 5.32 Å². The van der Waals surface area contributed by atoms with Crippen molar-refractivity contribution in [2.24, 2.45) is 10.9 Å². The molecule has 1 aliphatic heterocycles. The lowest BCUT2D eigenvalue weighted by Gasteiger charge is -2.34. The van der Waals surface area contributed by atoms with Gasteiger partial charge in [0, 0.05) is 47.0 Å². The second kappa shape index (κ2) is 10.9. The number of nitrogens with zero attached hydrogens (tertiary/aromatic N) is 2. The second-order valence-corrected chi connectivity index (χ2v) is 6.06. The summed E-state index contributed by atoms with van der Waals surface area (Å²) in [6.45, 7) is 9.13. The van der Waals surface area contributed by atoms with Gasteiger partial charge in [0.25, 0.3) is 0 Å². The van der Waals surface area contributed by atoms with E-state index in [2.05, 4.69) is 29.1 Å². The molecular formula is C16H33N3O2. The molecule has 5 nitrogen and oxygen atoms in total. The number of methoxy groups -OCH3 is 1. The van der Waals surface area contributed by atoms with Gasteiger partial charge in [-0.1, -0.05) is 13.8 Å². The van der Waals surface area contributed by atoms with Crippen molar-refractivity contribution in [3.63, 3.8) is 0 Å². The Balaban J connectivity index is 2.20. The Kier molecular flexibility index (Phi) is 9.42. The van der Waals surface area contributed by atoms with Crippen molar-refractivity contribution in [1.29, 1.82) is 0 Å². The normalized spacial score (nSPS) is 17.6. The molecule has 1 saturated heterocycles. The molecule has 0 amide bonds. The standard InChI is InChI=1S/C16H33N3O2/c1-14(2)6-9-18-16(17-3)19-10-7-15(8-11-19)21-13-5-12-20-4/h14-15H,5-13H2,1-4H3,(H,17,18). The van der Waals surface area contributed by atoms with E-state index in [0.29, 0.717) is 6.10 Å². The summed E-state index contributed by atoms with van der Waals surface area (Å²) in [6, 6.07) is 0. The number of ether oxygens (including phenoxy) is 2. The van der Waals surface area contributed by atoms with Crippen LogP contribution in [0.1, 0.15) is 39.5 Å². The van der Waals surface area contributed by atoms with Crippen molar-refractivity contribution < 1.29 is 9.47 Å². The first-order valence-electron chi connectivity index (χ1n) is 8.23. The SMILES string of the molecule is CN=C(NCCC(C)C)N1CCC(OCCCOC)CC1. The minimum Gasteiger partial charge on any atom is -0.385 e. The van der Waals surface area contributed by atoms with E-state index in [1.807, 2.05) is 7.05 Å². The summed E-state index contributed by atoms with van der Waals surface area (Å²) >= 11 is 0. The number of aliphatic imine (C=N–C) groups is 1. The maximum Gasteiger partial charge on any atom is 0.193 e. The zero-order valence-electron chi connectivity index (χ0n) is 14.2. The minimum atomic E-state index is 0.395. The van der Waals surface area contributed by atoms with E-state index in [0.717, 1.165) is 64.0 Å². The lowest BCUT2D eigenvalue weighted by molar-refractivity contribution is 0.00991. The molecule has 1 aliphatic rings. The zero-order valence-corrected chi connectivity index (χ0v) is 14.2. The van der Waals surface area contributed by atoms with E-state index in [-0.39, 0.29) is 0 Å². The molecule has 0 aromatic heterocycles. The molecule has 0 saturated carbocycles. The summed E-state index contributed by atoms with van der Waals surface area (Å²) in [6.07, 6.45) is 4.72. The van der Waals surface area contributed by atoms with Crippen molar-refractivity contribution in [2.45, 2.75) is 45.6 Å². The summed E-state index contributed by atoms with van der Waals surface area (Å²) in [5.41, 5.74) is 0. The van der Waals surface area contributed by atoms with Crippen molar-refractivity contribution in [2.75, 3.05) is 47.0 Å². The first kappa shape index (κ1) is 18.2. The summed E-state index contributed by atoms with van der Waals surface area (Å²) in [5, 5.41) is 3.46. The fourth-order valence-corrected chi connectivity index (χ4v) is 2.49. The van der Waals surface area contributed by atoms with Gasteiger partial charge in [0.1, 0.15) is 0 Å². The van der Waals surface area contributed by atoms with Gasteiger partial charge in [0.15, 0.2) is 5.96 Å². The van der Waals surface area contributed by atoms with Crippen molar-refractivity contribution in [3.8, 4) is 0 Å². The number of guanidine groups is 1. The van der Waals surface area contributed by atoms with Crippen molar-refractivity contribution in [1.82, 2.24) is 10.2 Å². The van der Waals surface area contributed by atoms with E-state index < -0.39 is 0 Å². The molecule has 21 heavy (non-hydrogen) atoms. The first-order valence-corrected chi connectivity index (χ1v) is 8.23. The van der Waals surface area contributed by atoms with Crippen LogP contribution in [0.5, 0.6) is 0 Å². The fourth-order valence-electron chi connectivity index (χ4n) is 2.49. The Morgan fingerprint density at radius 2 is 2.00 bits per heavy atom. The number of nitrogens with one attached hydrogen (secondary N) is 1. The Morgan fingerprint density at radius 1 is 1.29 bits per heavy atom. The highest BCUT2D eigenvalue weighted by Crippen LogP contribution is 2.14. The predicted octanol–water partition coefficient (Wildman–Crippen LogP) is 2.13. The topological polar surface area (TPSA) is 46.1 Å². The molecule has 1 fully saturated rings. The van der Waals surface area contributed by atoms with Gasteiger partial charge in [0.2, 0.25) is 0 Å². The number of likely N-dealkylation sites (tertiary alicyclic amines) is 1. The third kappa shape index (κ3) is 7.67. The molecule has 1 rings (SSSR count). The molecule has 0 atom stereocenters. The maximum absolute atomic E-state index is 5.89. The Labute approximate surface area is 130 Å². The van der Waals surface area contributed by atoms with E-state index in [9.17, 15) is 0 Å². The molecule has 0 aromatic carbocycles. The minimum absolute atomic E-state index is 0.395. The maximum atomic E-state index is 5.89. The number of hydrogen-bond donors (Lipinski definition) is 1. The molecule has 0 unspecified atom stereocenters. The Morgan fingerprint density at radius 3 is 2.57 bits per heavy atom. The van der Waals surface area contributed by atoms with Gasteiger partial charge in [-0.05, 0) is 31.6 Å². The van der Waals surface area contributed by atoms with Gasteiger partial charge in [0.05, 0.1) is 6.10 Å². The van der Waals surface area contributed by atoms with Gasteiger partial charge < -0.3 is 19.7 Å². The van der Waals surface area contributed by atoms with Crippen LogP contribution in [0.4, 0.5) is 0 Å². The van der Waals surface area contributed by atoms with Crippen LogP contribution in [0.3, 0.4) is 0 Å². The van der Waals surface area contributed by atoms with Gasteiger partial charge in [-0.25, -0.2) is 0 Å². The lowest BCUT2D eigenvalue weighted by atomic mass is 10.1. The summed E-state index contributed by atoms with van der Waals surface area (Å²) in [5.74, 6) is 1.76. The first-order chi connectivity index (χ1) is 10.2. The lowest BCUT2D eigenvalue weighted by Crippen LogP contribution is -2.47. The smallest absolute Gasteiger partial charge is 0.193 e. The highest BCUT2D eigenvalue weighted by Gasteiger charge is 2.21. The predicted molar refractivity (Wildman–Crippen MR) is 87.9 cm³/mol. The summed E-state index contributed by atoms with van der Waals surface area (Å²) in [4.78, 5) is 6.74. The highest BCUT2D eigenvalue weighted by molar-refractivity contribution is 5.79. The van der Waals surface area contributed by atoms with Crippen LogP contribution in [-0.2, 0) is 9.47 Å². The molecule has 124 valence electrons. The number of rotatable bonds is 8. The molecule has 0 radical (unpaired) electrons. The molecule has 1 heterocycles. The van der Waals surface area contributed by atoms with Gasteiger partial charge in [-0.3, -0.25) is 4.99 Å². The van der Waals surface area contributed by atoms with Crippen LogP contribution in [-0.4, -0.2) is 64.0 Å². The van der Waals surface area contributed by atoms with Crippen molar-refractivity contribution >= 4 is 5.96 Å². The zero-order chi connectivity index (χ0) is 15.5. The van der Waals surface area contributed by atoms with Crippen LogP contribution in [0, 0.1) is 5.92 Å². The average Bonchev–Trinajstić information content (AvgIpc) is 2.49. The van der Waals surface area contributed by atoms with Crippen LogP contribution in [0.15, 0.2) is 4.99 Å². The van der Waals surface area contributed by atoms with E-state index in [1.54, 1.807) is 7.11 Å². The van der Waals surface area contributed by atoms with E-state index in [1.165, 1.54) is 6.42 Å². The van der Waals surface area contributed by atoms with E-state index >= 15 is 0 Å². The number of hydrogen-bond acceptors (Lipinski definition) is 3. The third-order valence-corrected chi connectivity index (χ3v) is 3.80. The number of piperidine rings is 1. The molecule has 0 aromatic rings. The third-order valence-electron chi connectivity index (χ3n) is 3.80. The largest absolute Gasteiger partial charge is 0.385 e. The fraction of sp³-hybridized carbons (Fsp3) is 0.938. The van der Waals surface area contributed by atoms with Gasteiger partial charge in [-0.2, -0.15) is 0 Å². The molecule has 0 spiro atoms. The quantitative estimate of drug-likeness (QED) is 0.424. The summed E-state index contributed by atoms with van der Waals surface area (Å²) < 4.78 is 10.9. The van der Waals surface area contributed by atoms with Gasteiger partial charge >= 0.3 is 0 Å². The van der Waals surface area contributed by atoms with E-state index in [4.69, 9.17) is 9.47 Å². The second-order valence-electron chi connectivity index (χ2n) is 6.06. The van der Waals surface area contributed by atoms with Crippen molar-refractivity contribution in [3.05, 3.63) is 0 Å². The molecule has 5 heteroatoms. The van der Waals surface area contributed by atoms with Crippen LogP contribution in [0.2, 0.25) is 0 Å². The monoisotopic (exact) mass is 299 g/mol. The average molecular weight is 299 g/mol. The summed E-state index contributed by atoms with van der Waals surface area (Å²) in [7, 11) is 3.60. The van der Waals surface area contributed by atoms with Crippen LogP contribution >= 0.6 is 0 Å². The highest BCUT2D eigenvalue weighted by atomic mass is 16.5. The Bertz CT molecular complexity index is 287. The molecule has 0 aliphatic carbocycles. The van der Waals surface area contributed by atoms with Crippen LogP contribution in [0.25, 0.3) is 0 Å². The molecular weight excluding hydrogens is 266 g/mol.